The Bertz CT molecular complexity index is 408. The Hall–Kier alpha value is -1.01. The zero-order chi connectivity index (χ0) is 12.8. The Morgan fingerprint density at radius 2 is 2.00 bits per heavy atom. The second-order valence-electron chi connectivity index (χ2n) is 3.37. The number of aliphatic carboxylic acids is 1. The van der Waals surface area contributed by atoms with Crippen LogP contribution in [-0.2, 0) is 9.59 Å². The minimum Gasteiger partial charge on any atom is -0.480 e. The highest BCUT2D eigenvalue weighted by Crippen LogP contribution is 2.20. The summed E-state index contributed by atoms with van der Waals surface area (Å²) in [6, 6.07) is 6.71. The van der Waals surface area contributed by atoms with E-state index in [9.17, 15) is 9.59 Å². The van der Waals surface area contributed by atoms with E-state index < -0.39 is 12.0 Å². The average molecular weight is 318 g/mol. The maximum atomic E-state index is 11.4. The van der Waals surface area contributed by atoms with Gasteiger partial charge in [-0.2, -0.15) is 0 Å². The third-order valence-electron chi connectivity index (χ3n) is 1.93. The number of carbonyl (C=O) groups is 2. The van der Waals surface area contributed by atoms with Crippen LogP contribution in [0.4, 0.5) is 0 Å². The summed E-state index contributed by atoms with van der Waals surface area (Å²) in [4.78, 5) is 22.9. The van der Waals surface area contributed by atoms with Crippen LogP contribution < -0.4 is 5.32 Å². The molecule has 0 aliphatic rings. The Kier molecular flexibility index (Phi) is 5.50. The van der Waals surface area contributed by atoms with E-state index in [-0.39, 0.29) is 11.7 Å². The molecule has 0 bridgehead atoms. The monoisotopic (exact) mass is 317 g/mol. The highest BCUT2D eigenvalue weighted by molar-refractivity contribution is 9.10. The molecule has 0 aliphatic carbocycles. The van der Waals surface area contributed by atoms with Crippen molar-refractivity contribution in [1.29, 1.82) is 0 Å². The maximum Gasteiger partial charge on any atom is 0.325 e. The summed E-state index contributed by atoms with van der Waals surface area (Å²) >= 11 is 4.69. The molecule has 0 aromatic heterocycles. The fraction of sp³-hybridized carbons (Fsp3) is 0.273. The summed E-state index contributed by atoms with van der Waals surface area (Å²) in [6.45, 7) is 1.44. The maximum absolute atomic E-state index is 11.4. The lowest BCUT2D eigenvalue weighted by Crippen LogP contribution is -2.39. The second-order valence-corrected chi connectivity index (χ2v) is 5.33. The molecule has 0 unspecified atom stereocenters. The van der Waals surface area contributed by atoms with Gasteiger partial charge < -0.3 is 10.4 Å². The number of carbonyl (C=O) groups excluding carboxylic acids is 1. The van der Waals surface area contributed by atoms with E-state index in [0.29, 0.717) is 0 Å². The molecular formula is C11H12BrNO3S. The summed E-state index contributed by atoms with van der Waals surface area (Å²) in [6.07, 6.45) is 0. The summed E-state index contributed by atoms with van der Waals surface area (Å²) in [5, 5.41) is 11.0. The van der Waals surface area contributed by atoms with Crippen molar-refractivity contribution in [2.45, 2.75) is 17.9 Å². The van der Waals surface area contributed by atoms with Gasteiger partial charge in [-0.05, 0) is 31.2 Å². The van der Waals surface area contributed by atoms with Crippen LogP contribution in [0.1, 0.15) is 6.92 Å². The molecule has 0 radical (unpaired) electrons. The molecule has 1 atom stereocenters. The van der Waals surface area contributed by atoms with Crippen LogP contribution in [0.2, 0.25) is 0 Å². The van der Waals surface area contributed by atoms with Crippen LogP contribution in [0.25, 0.3) is 0 Å². The minimum atomic E-state index is -1.04. The van der Waals surface area contributed by atoms with Gasteiger partial charge in [0.2, 0.25) is 5.91 Å². The van der Waals surface area contributed by atoms with E-state index in [2.05, 4.69) is 21.2 Å². The van der Waals surface area contributed by atoms with Gasteiger partial charge in [-0.15, -0.1) is 11.8 Å². The smallest absolute Gasteiger partial charge is 0.325 e. The van der Waals surface area contributed by atoms with E-state index in [1.54, 1.807) is 0 Å². The lowest BCUT2D eigenvalue weighted by atomic mass is 10.3. The molecule has 0 saturated heterocycles. The summed E-state index contributed by atoms with van der Waals surface area (Å²) in [7, 11) is 0. The van der Waals surface area contributed by atoms with Crippen molar-refractivity contribution in [3.63, 3.8) is 0 Å². The summed E-state index contributed by atoms with van der Waals surface area (Å²) < 4.78 is 0.978. The SMILES string of the molecule is C[C@@H](NC(=O)CSc1ccc(Br)cc1)C(=O)O. The molecule has 0 aliphatic heterocycles. The zero-order valence-electron chi connectivity index (χ0n) is 9.14. The van der Waals surface area contributed by atoms with Gasteiger partial charge in [-0.3, -0.25) is 9.59 Å². The number of rotatable bonds is 5. The van der Waals surface area contributed by atoms with Crippen molar-refractivity contribution in [2.24, 2.45) is 0 Å². The number of carboxylic acids is 1. The van der Waals surface area contributed by atoms with Crippen molar-refractivity contribution in [3.05, 3.63) is 28.7 Å². The zero-order valence-corrected chi connectivity index (χ0v) is 11.5. The molecule has 1 aromatic carbocycles. The largest absolute Gasteiger partial charge is 0.480 e. The molecule has 1 aromatic rings. The van der Waals surface area contributed by atoms with Crippen LogP contribution in [0.5, 0.6) is 0 Å². The van der Waals surface area contributed by atoms with Gasteiger partial charge in [-0.25, -0.2) is 0 Å². The van der Waals surface area contributed by atoms with Crippen molar-refractivity contribution >= 4 is 39.6 Å². The van der Waals surface area contributed by atoms with E-state index in [4.69, 9.17) is 5.11 Å². The van der Waals surface area contributed by atoms with Crippen molar-refractivity contribution in [3.8, 4) is 0 Å². The average Bonchev–Trinajstić information content (AvgIpc) is 2.28. The second kappa shape index (κ2) is 6.66. The molecule has 1 amide bonds. The summed E-state index contributed by atoms with van der Waals surface area (Å²) in [5.41, 5.74) is 0. The molecule has 6 heteroatoms. The van der Waals surface area contributed by atoms with Gasteiger partial charge in [0.1, 0.15) is 6.04 Å². The van der Waals surface area contributed by atoms with Gasteiger partial charge in [-0.1, -0.05) is 15.9 Å². The Labute approximate surface area is 112 Å². The van der Waals surface area contributed by atoms with Crippen LogP contribution in [-0.4, -0.2) is 28.8 Å². The molecular weight excluding hydrogens is 306 g/mol. The Morgan fingerprint density at radius 1 is 1.41 bits per heavy atom. The van der Waals surface area contributed by atoms with Gasteiger partial charge in [0.25, 0.3) is 0 Å². The lowest BCUT2D eigenvalue weighted by molar-refractivity contribution is -0.140. The van der Waals surface area contributed by atoms with Crippen LogP contribution in [0, 0.1) is 0 Å². The molecule has 17 heavy (non-hydrogen) atoms. The van der Waals surface area contributed by atoms with Gasteiger partial charge in [0.15, 0.2) is 0 Å². The number of hydrogen-bond donors (Lipinski definition) is 2. The third-order valence-corrected chi connectivity index (χ3v) is 3.47. The third kappa shape index (κ3) is 5.23. The van der Waals surface area contributed by atoms with E-state index in [0.717, 1.165) is 9.37 Å². The fourth-order valence-electron chi connectivity index (χ4n) is 1.02. The molecule has 92 valence electrons. The Balaban J connectivity index is 2.38. The predicted molar refractivity (Wildman–Crippen MR) is 70.1 cm³/mol. The number of nitrogens with one attached hydrogen (secondary N) is 1. The molecule has 4 nitrogen and oxygen atoms in total. The highest BCUT2D eigenvalue weighted by atomic mass is 79.9. The first-order chi connectivity index (χ1) is 7.99. The minimum absolute atomic E-state index is 0.208. The molecule has 0 heterocycles. The number of amides is 1. The molecule has 2 N–H and O–H groups in total. The molecule has 0 fully saturated rings. The first kappa shape index (κ1) is 14.1. The van der Waals surface area contributed by atoms with Crippen molar-refractivity contribution in [2.75, 3.05) is 5.75 Å². The number of carboxylic acid groups (broad SMARTS) is 1. The van der Waals surface area contributed by atoms with Crippen LogP contribution >= 0.6 is 27.7 Å². The van der Waals surface area contributed by atoms with Gasteiger partial charge in [0.05, 0.1) is 5.75 Å². The quantitative estimate of drug-likeness (QED) is 0.816. The molecule has 1 rings (SSSR count). The lowest BCUT2D eigenvalue weighted by Gasteiger charge is -2.08. The van der Waals surface area contributed by atoms with Crippen LogP contribution in [0.3, 0.4) is 0 Å². The van der Waals surface area contributed by atoms with E-state index in [1.165, 1.54) is 18.7 Å². The van der Waals surface area contributed by atoms with Gasteiger partial charge in [0, 0.05) is 9.37 Å². The Morgan fingerprint density at radius 3 is 2.53 bits per heavy atom. The molecule has 0 saturated carbocycles. The van der Waals surface area contributed by atoms with E-state index >= 15 is 0 Å². The number of halogens is 1. The fourth-order valence-corrected chi connectivity index (χ4v) is 2.00. The van der Waals surface area contributed by atoms with Gasteiger partial charge >= 0.3 is 5.97 Å². The number of benzene rings is 1. The standard InChI is InChI=1S/C11H12BrNO3S/c1-7(11(15)16)13-10(14)6-17-9-4-2-8(12)3-5-9/h2-5,7H,6H2,1H3,(H,13,14)(H,15,16)/t7-/m1/s1. The van der Waals surface area contributed by atoms with Crippen molar-refractivity contribution < 1.29 is 14.7 Å². The normalized spacial score (nSPS) is 11.9. The predicted octanol–water partition coefficient (Wildman–Crippen LogP) is 2.13. The summed E-state index contributed by atoms with van der Waals surface area (Å²) in [5.74, 6) is -1.11. The molecule has 0 spiro atoms. The van der Waals surface area contributed by atoms with Crippen molar-refractivity contribution in [1.82, 2.24) is 5.32 Å². The number of thioether (sulfide) groups is 1. The van der Waals surface area contributed by atoms with E-state index in [1.807, 2.05) is 24.3 Å². The first-order valence-corrected chi connectivity index (χ1v) is 6.67. The first-order valence-electron chi connectivity index (χ1n) is 4.89. The highest BCUT2D eigenvalue weighted by Gasteiger charge is 2.13. The van der Waals surface area contributed by atoms with Crippen LogP contribution in [0.15, 0.2) is 33.6 Å². The topological polar surface area (TPSA) is 66.4 Å². The number of hydrogen-bond acceptors (Lipinski definition) is 3.